The highest BCUT2D eigenvalue weighted by atomic mass is 32.1. The van der Waals surface area contributed by atoms with Crippen LogP contribution in [0, 0.1) is 16.0 Å². The van der Waals surface area contributed by atoms with Gasteiger partial charge in [0.2, 0.25) is 0 Å². The van der Waals surface area contributed by atoms with Crippen molar-refractivity contribution >= 4 is 45.5 Å². The van der Waals surface area contributed by atoms with Crippen molar-refractivity contribution in [2.75, 3.05) is 18.5 Å². The summed E-state index contributed by atoms with van der Waals surface area (Å²) in [4.78, 5) is 46.5. The van der Waals surface area contributed by atoms with Crippen molar-refractivity contribution in [3.05, 3.63) is 80.9 Å². The summed E-state index contributed by atoms with van der Waals surface area (Å²) in [6.07, 6.45) is 0. The van der Waals surface area contributed by atoms with Crippen molar-refractivity contribution in [2.45, 2.75) is 33.6 Å². The molecule has 1 aliphatic rings. The molecule has 1 aromatic heterocycles. The Hall–Kier alpha value is -4.38. The van der Waals surface area contributed by atoms with Crippen LogP contribution in [0.1, 0.15) is 39.2 Å². The highest BCUT2D eigenvalue weighted by molar-refractivity contribution is 7.14. The van der Waals surface area contributed by atoms with E-state index in [1.807, 2.05) is 24.3 Å². The fraction of sp³-hybridized carbons (Fsp3) is 0.286. The number of esters is 2. The first-order valence-corrected chi connectivity index (χ1v) is 13.3. The smallest absolute Gasteiger partial charge is 0.336 e. The van der Waals surface area contributed by atoms with Gasteiger partial charge in [0.05, 0.1) is 35.0 Å². The second-order valence-electron chi connectivity index (χ2n) is 8.70. The number of carbonyl (C=O) groups excluding carboxylic acids is 2. The maximum atomic E-state index is 13.2. The summed E-state index contributed by atoms with van der Waals surface area (Å²) in [5, 5.41) is 17.0. The number of benzene rings is 2. The highest BCUT2D eigenvalue weighted by Gasteiger charge is 2.43. The summed E-state index contributed by atoms with van der Waals surface area (Å²) in [6.45, 7) is 7.26. The zero-order valence-corrected chi connectivity index (χ0v) is 22.8. The maximum Gasteiger partial charge on any atom is 0.336 e. The largest absolute Gasteiger partial charge is 0.465 e. The molecule has 1 aliphatic heterocycles. The van der Waals surface area contributed by atoms with E-state index in [9.17, 15) is 19.7 Å². The van der Waals surface area contributed by atoms with Crippen molar-refractivity contribution in [1.82, 2.24) is 4.98 Å². The van der Waals surface area contributed by atoms with E-state index in [4.69, 9.17) is 9.47 Å². The minimum absolute atomic E-state index is 0.0383. The molecular weight excluding hydrogens is 520 g/mol. The molecular formula is C28H28N4O6S. The Morgan fingerprint density at radius 3 is 2.46 bits per heavy atom. The quantitative estimate of drug-likeness (QED) is 0.194. The number of hydrogen-bond donors (Lipinski definition) is 1. The van der Waals surface area contributed by atoms with Gasteiger partial charge >= 0.3 is 11.9 Å². The molecule has 0 saturated carbocycles. The number of nitro benzene ring substituents is 1. The second kappa shape index (κ2) is 12.0. The highest BCUT2D eigenvalue weighted by Crippen LogP contribution is 2.44. The fourth-order valence-electron chi connectivity index (χ4n) is 4.69. The van der Waals surface area contributed by atoms with Gasteiger partial charge in [0.25, 0.3) is 5.69 Å². The van der Waals surface area contributed by atoms with Crippen molar-refractivity contribution in [3.63, 3.8) is 0 Å². The molecule has 2 atom stereocenters. The molecule has 0 amide bonds. The van der Waals surface area contributed by atoms with E-state index in [0.717, 1.165) is 0 Å². The zero-order chi connectivity index (χ0) is 28.1. The van der Waals surface area contributed by atoms with E-state index in [1.165, 1.54) is 17.4 Å². The third-order valence-electron chi connectivity index (χ3n) is 6.28. The van der Waals surface area contributed by atoms with E-state index < -0.39 is 28.7 Å². The van der Waals surface area contributed by atoms with Gasteiger partial charge in [-0.1, -0.05) is 30.3 Å². The lowest BCUT2D eigenvalue weighted by Gasteiger charge is -2.32. The number of para-hydroxylation sites is 2. The van der Waals surface area contributed by atoms with Crippen LogP contribution in [0.15, 0.2) is 70.2 Å². The van der Waals surface area contributed by atoms with Crippen molar-refractivity contribution in [1.29, 1.82) is 0 Å². The number of aliphatic imine (C=N–C) groups is 1. The standard InChI is InChI=1S/C28H28N4O6S/c1-5-37-26(33)23-16(3)29-17(4)24(27(34)38-6-2)25(23)19-12-7-9-13-20(19)30-28-31-21(15-39-28)18-11-8-10-14-22(18)32(35)36/h7-15,23,25H,5-6H2,1-4H3,(H,30,31). The summed E-state index contributed by atoms with van der Waals surface area (Å²) in [7, 11) is 0. The van der Waals surface area contributed by atoms with Crippen LogP contribution in [0.25, 0.3) is 11.3 Å². The first kappa shape index (κ1) is 27.6. The molecule has 0 saturated heterocycles. The Kier molecular flexibility index (Phi) is 8.50. The van der Waals surface area contributed by atoms with Gasteiger partial charge in [-0.3, -0.25) is 19.9 Å². The monoisotopic (exact) mass is 548 g/mol. The Morgan fingerprint density at radius 1 is 1.05 bits per heavy atom. The maximum absolute atomic E-state index is 13.2. The van der Waals surface area contributed by atoms with Crippen LogP contribution < -0.4 is 5.32 Å². The topological polar surface area (TPSA) is 133 Å². The fourth-order valence-corrected chi connectivity index (χ4v) is 5.41. The summed E-state index contributed by atoms with van der Waals surface area (Å²) in [6, 6.07) is 13.7. The van der Waals surface area contributed by atoms with Crippen LogP contribution in [0.4, 0.5) is 16.5 Å². The Labute approximate surface area is 229 Å². The predicted molar refractivity (Wildman–Crippen MR) is 149 cm³/mol. The van der Waals surface area contributed by atoms with Crippen molar-refractivity contribution in [3.8, 4) is 11.3 Å². The van der Waals surface area contributed by atoms with E-state index in [2.05, 4.69) is 15.3 Å². The SMILES string of the molecule is CCOC(=O)C1=C(C)N=C(C)C(C(=O)OCC)C1c1ccccc1Nc1nc(-c2ccccc2[N+](=O)[O-])cs1. The average molecular weight is 549 g/mol. The number of carbonyl (C=O) groups is 2. The minimum atomic E-state index is -0.838. The van der Waals surface area contributed by atoms with Crippen LogP contribution in [-0.4, -0.2) is 40.8 Å². The number of rotatable bonds is 9. The second-order valence-corrected chi connectivity index (χ2v) is 9.56. The number of ether oxygens (including phenoxy) is 2. The number of thiazole rings is 1. The molecule has 2 unspecified atom stereocenters. The molecule has 11 heteroatoms. The van der Waals surface area contributed by atoms with Gasteiger partial charge in [0.15, 0.2) is 5.13 Å². The van der Waals surface area contributed by atoms with E-state index in [-0.39, 0.29) is 24.5 Å². The number of anilines is 2. The zero-order valence-electron chi connectivity index (χ0n) is 22.0. The number of nitrogens with zero attached hydrogens (tertiary/aromatic N) is 3. The van der Waals surface area contributed by atoms with Gasteiger partial charge in [0, 0.05) is 34.5 Å². The molecule has 202 valence electrons. The summed E-state index contributed by atoms with van der Waals surface area (Å²) in [5.41, 5.74) is 3.40. The molecule has 2 heterocycles. The minimum Gasteiger partial charge on any atom is -0.465 e. The van der Waals surface area contributed by atoms with E-state index >= 15 is 0 Å². The van der Waals surface area contributed by atoms with Crippen molar-refractivity contribution in [2.24, 2.45) is 10.9 Å². The molecule has 0 bridgehead atoms. The summed E-state index contributed by atoms with van der Waals surface area (Å²) in [5.74, 6) is -2.59. The lowest BCUT2D eigenvalue weighted by atomic mass is 9.75. The summed E-state index contributed by atoms with van der Waals surface area (Å²) < 4.78 is 10.8. The molecule has 39 heavy (non-hydrogen) atoms. The van der Waals surface area contributed by atoms with Gasteiger partial charge in [0.1, 0.15) is 5.92 Å². The predicted octanol–water partition coefficient (Wildman–Crippen LogP) is 6.04. The lowest BCUT2D eigenvalue weighted by Crippen LogP contribution is -2.36. The average Bonchev–Trinajstić information content (AvgIpc) is 3.37. The molecule has 4 rings (SSSR count). The van der Waals surface area contributed by atoms with Crippen LogP contribution in [-0.2, 0) is 19.1 Å². The molecule has 2 aromatic carbocycles. The van der Waals surface area contributed by atoms with E-state index in [0.29, 0.717) is 39.0 Å². The first-order valence-electron chi connectivity index (χ1n) is 12.4. The van der Waals surface area contributed by atoms with Crippen LogP contribution >= 0.6 is 11.3 Å². The lowest BCUT2D eigenvalue weighted by molar-refractivity contribution is -0.384. The van der Waals surface area contributed by atoms with E-state index in [1.54, 1.807) is 51.3 Å². The number of nitro groups is 1. The normalized spacial score (nSPS) is 16.9. The number of nitrogens with one attached hydrogen (secondary N) is 1. The molecule has 0 spiro atoms. The van der Waals surface area contributed by atoms with Gasteiger partial charge in [-0.2, -0.15) is 0 Å². The number of aromatic nitrogens is 1. The molecule has 0 aliphatic carbocycles. The van der Waals surface area contributed by atoms with Crippen LogP contribution in [0.5, 0.6) is 0 Å². The van der Waals surface area contributed by atoms with Gasteiger partial charge in [-0.15, -0.1) is 11.3 Å². The van der Waals surface area contributed by atoms with Crippen molar-refractivity contribution < 1.29 is 24.0 Å². The molecule has 1 N–H and O–H groups in total. The van der Waals surface area contributed by atoms with Crippen LogP contribution in [0.3, 0.4) is 0 Å². The van der Waals surface area contributed by atoms with Gasteiger partial charge in [-0.05, 0) is 45.4 Å². The Balaban J connectivity index is 1.78. The summed E-state index contributed by atoms with van der Waals surface area (Å²) >= 11 is 1.28. The molecule has 10 nitrogen and oxygen atoms in total. The number of allylic oxidation sites excluding steroid dienone is 1. The third kappa shape index (κ3) is 5.73. The number of hydrogen-bond acceptors (Lipinski definition) is 10. The van der Waals surface area contributed by atoms with Gasteiger partial charge in [-0.25, -0.2) is 9.78 Å². The van der Waals surface area contributed by atoms with Crippen LogP contribution in [0.2, 0.25) is 0 Å². The Bertz CT molecular complexity index is 1480. The Morgan fingerprint density at radius 2 is 1.74 bits per heavy atom. The molecule has 3 aromatic rings. The molecule has 0 radical (unpaired) electrons. The molecule has 0 fully saturated rings. The third-order valence-corrected chi connectivity index (χ3v) is 7.04. The first-order chi connectivity index (χ1) is 18.8. The van der Waals surface area contributed by atoms with Gasteiger partial charge < -0.3 is 14.8 Å².